The molecule has 1 N–H and O–H groups in total. The molecular weight excluding hydrogens is 263 g/mol. The number of hydrogen-bond acceptors (Lipinski definition) is 2. The molecule has 1 unspecified atom stereocenters. The van der Waals surface area contributed by atoms with Crippen molar-refractivity contribution in [3.63, 3.8) is 0 Å². The predicted octanol–water partition coefficient (Wildman–Crippen LogP) is 3.73. The molecule has 2 rings (SSSR count). The summed E-state index contributed by atoms with van der Waals surface area (Å²) in [6.45, 7) is 10.7. The number of nitrogens with zero attached hydrogens (tertiary/aromatic N) is 1. The first-order chi connectivity index (χ1) is 10.1. The normalized spacial score (nSPS) is 20.1. The highest BCUT2D eigenvalue weighted by molar-refractivity contribution is 5.26. The Bertz CT molecular complexity index is 445. The topological polar surface area (TPSA) is 15.3 Å². The molecule has 1 atom stereocenters. The maximum atomic E-state index is 13.2. The molecule has 0 bridgehead atoms. The lowest BCUT2D eigenvalue weighted by Crippen LogP contribution is -2.45. The Kier molecular flexibility index (Phi) is 6.19. The van der Waals surface area contributed by atoms with E-state index >= 15 is 0 Å². The molecule has 0 aromatic heterocycles. The lowest BCUT2D eigenvalue weighted by molar-refractivity contribution is 0.136. The van der Waals surface area contributed by atoms with Gasteiger partial charge in [0.05, 0.1) is 0 Å². The average Bonchev–Trinajstić information content (AvgIpc) is 2.43. The predicted molar refractivity (Wildman–Crippen MR) is 86.9 cm³/mol. The van der Waals surface area contributed by atoms with Crippen LogP contribution in [0.5, 0.6) is 0 Å². The van der Waals surface area contributed by atoms with E-state index in [-0.39, 0.29) is 5.82 Å². The molecule has 0 radical (unpaired) electrons. The Morgan fingerprint density at radius 2 is 2.14 bits per heavy atom. The van der Waals surface area contributed by atoms with Crippen LogP contribution in [0.4, 0.5) is 4.39 Å². The van der Waals surface area contributed by atoms with Gasteiger partial charge in [-0.05, 0) is 62.0 Å². The van der Waals surface area contributed by atoms with Crippen LogP contribution >= 0.6 is 0 Å². The van der Waals surface area contributed by atoms with Crippen molar-refractivity contribution in [1.82, 2.24) is 10.2 Å². The highest BCUT2D eigenvalue weighted by atomic mass is 19.1. The summed E-state index contributed by atoms with van der Waals surface area (Å²) < 4.78 is 13.2. The Morgan fingerprint density at radius 3 is 2.86 bits per heavy atom. The summed E-state index contributed by atoms with van der Waals surface area (Å²) in [6, 6.07) is 5.78. The maximum Gasteiger partial charge on any atom is 0.123 e. The van der Waals surface area contributed by atoms with Crippen molar-refractivity contribution >= 4 is 0 Å². The fraction of sp³-hybridized carbons (Fsp3) is 0.667. The minimum absolute atomic E-state index is 0.134. The van der Waals surface area contributed by atoms with Gasteiger partial charge < -0.3 is 5.32 Å². The molecule has 1 heterocycles. The summed E-state index contributed by atoms with van der Waals surface area (Å²) in [5.74, 6) is 0.562. The minimum Gasteiger partial charge on any atom is -0.315 e. The average molecular weight is 292 g/mol. The zero-order valence-corrected chi connectivity index (χ0v) is 13.7. The largest absolute Gasteiger partial charge is 0.315 e. The van der Waals surface area contributed by atoms with Crippen LogP contribution in [-0.2, 0) is 6.54 Å². The molecule has 1 aliphatic rings. The van der Waals surface area contributed by atoms with E-state index in [9.17, 15) is 4.39 Å². The summed E-state index contributed by atoms with van der Waals surface area (Å²) in [4.78, 5) is 2.57. The van der Waals surface area contributed by atoms with Crippen LogP contribution in [0.25, 0.3) is 0 Å². The Hall–Kier alpha value is -0.930. The second kappa shape index (κ2) is 7.90. The summed E-state index contributed by atoms with van der Waals surface area (Å²) in [5, 5.41) is 3.59. The van der Waals surface area contributed by atoms with E-state index < -0.39 is 0 Å². The van der Waals surface area contributed by atoms with Crippen molar-refractivity contribution in [3.05, 3.63) is 35.1 Å². The third kappa shape index (κ3) is 5.08. The van der Waals surface area contributed by atoms with E-state index in [1.807, 2.05) is 13.0 Å². The summed E-state index contributed by atoms with van der Waals surface area (Å²) in [6.07, 6.45) is 3.87. The van der Waals surface area contributed by atoms with E-state index in [0.717, 1.165) is 31.7 Å². The third-order valence-electron chi connectivity index (χ3n) is 4.36. The summed E-state index contributed by atoms with van der Waals surface area (Å²) in [5.41, 5.74) is 2.32. The monoisotopic (exact) mass is 292 g/mol. The standard InChI is InChI=1S/C18H29FN2/c1-14(2)11-20-12-18-6-4-5-9-21(18)13-16-7-8-17(19)10-15(16)3/h7-8,10,14,18,20H,4-6,9,11-13H2,1-3H3. The van der Waals surface area contributed by atoms with E-state index in [2.05, 4.69) is 24.1 Å². The molecule has 0 aliphatic carbocycles. The first-order valence-electron chi connectivity index (χ1n) is 8.26. The van der Waals surface area contributed by atoms with Gasteiger partial charge in [-0.3, -0.25) is 4.90 Å². The highest BCUT2D eigenvalue weighted by Crippen LogP contribution is 2.21. The fourth-order valence-corrected chi connectivity index (χ4v) is 3.09. The number of hydrogen-bond donors (Lipinski definition) is 1. The molecule has 1 aliphatic heterocycles. The van der Waals surface area contributed by atoms with Gasteiger partial charge in [-0.25, -0.2) is 4.39 Å². The second-order valence-electron chi connectivity index (χ2n) is 6.74. The van der Waals surface area contributed by atoms with Gasteiger partial charge in [0.15, 0.2) is 0 Å². The second-order valence-corrected chi connectivity index (χ2v) is 6.74. The third-order valence-corrected chi connectivity index (χ3v) is 4.36. The maximum absolute atomic E-state index is 13.2. The van der Waals surface area contributed by atoms with Crippen molar-refractivity contribution in [1.29, 1.82) is 0 Å². The molecule has 0 saturated carbocycles. The number of nitrogens with one attached hydrogen (secondary N) is 1. The lowest BCUT2D eigenvalue weighted by Gasteiger charge is -2.36. The molecule has 2 nitrogen and oxygen atoms in total. The molecule has 1 saturated heterocycles. The fourth-order valence-electron chi connectivity index (χ4n) is 3.09. The van der Waals surface area contributed by atoms with Gasteiger partial charge in [-0.15, -0.1) is 0 Å². The van der Waals surface area contributed by atoms with Crippen LogP contribution in [-0.4, -0.2) is 30.6 Å². The molecule has 1 aromatic carbocycles. The van der Waals surface area contributed by atoms with Crippen LogP contribution in [0, 0.1) is 18.7 Å². The van der Waals surface area contributed by atoms with Crippen LogP contribution in [0.15, 0.2) is 18.2 Å². The molecule has 21 heavy (non-hydrogen) atoms. The van der Waals surface area contributed by atoms with Gasteiger partial charge in [-0.2, -0.15) is 0 Å². The van der Waals surface area contributed by atoms with Crippen molar-refractivity contribution in [2.24, 2.45) is 5.92 Å². The smallest absolute Gasteiger partial charge is 0.123 e. The van der Waals surface area contributed by atoms with Crippen LogP contribution in [0.3, 0.4) is 0 Å². The number of likely N-dealkylation sites (tertiary alicyclic amines) is 1. The van der Waals surface area contributed by atoms with E-state index in [1.54, 1.807) is 12.1 Å². The molecule has 3 heteroatoms. The zero-order valence-electron chi connectivity index (χ0n) is 13.7. The SMILES string of the molecule is Cc1cc(F)ccc1CN1CCCCC1CNCC(C)C. The number of rotatable bonds is 6. The lowest BCUT2D eigenvalue weighted by atomic mass is 9.99. The summed E-state index contributed by atoms with van der Waals surface area (Å²) >= 11 is 0. The van der Waals surface area contributed by atoms with Crippen LogP contribution in [0.1, 0.15) is 44.2 Å². The van der Waals surface area contributed by atoms with Gasteiger partial charge >= 0.3 is 0 Å². The van der Waals surface area contributed by atoms with E-state index in [1.165, 1.54) is 24.8 Å². The Balaban J connectivity index is 1.94. The first kappa shape index (κ1) is 16.4. The van der Waals surface area contributed by atoms with Crippen molar-refractivity contribution in [3.8, 4) is 0 Å². The molecular formula is C18H29FN2. The minimum atomic E-state index is -0.134. The van der Waals surface area contributed by atoms with Gasteiger partial charge in [-0.1, -0.05) is 26.3 Å². The van der Waals surface area contributed by atoms with Gasteiger partial charge in [0, 0.05) is 19.1 Å². The van der Waals surface area contributed by atoms with Gasteiger partial charge in [0.25, 0.3) is 0 Å². The summed E-state index contributed by atoms with van der Waals surface area (Å²) in [7, 11) is 0. The molecule has 0 spiro atoms. The molecule has 0 amide bonds. The van der Waals surface area contributed by atoms with Crippen LogP contribution < -0.4 is 5.32 Å². The van der Waals surface area contributed by atoms with E-state index in [4.69, 9.17) is 0 Å². The number of aryl methyl sites for hydroxylation is 1. The van der Waals surface area contributed by atoms with Crippen molar-refractivity contribution < 1.29 is 4.39 Å². The van der Waals surface area contributed by atoms with Crippen molar-refractivity contribution in [2.45, 2.75) is 52.6 Å². The Morgan fingerprint density at radius 1 is 1.33 bits per heavy atom. The van der Waals surface area contributed by atoms with Gasteiger partial charge in [0.2, 0.25) is 0 Å². The van der Waals surface area contributed by atoms with Crippen LogP contribution in [0.2, 0.25) is 0 Å². The highest BCUT2D eigenvalue weighted by Gasteiger charge is 2.22. The quantitative estimate of drug-likeness (QED) is 0.859. The molecule has 1 aromatic rings. The number of benzene rings is 1. The van der Waals surface area contributed by atoms with Crippen molar-refractivity contribution in [2.75, 3.05) is 19.6 Å². The van der Waals surface area contributed by atoms with Gasteiger partial charge in [0.1, 0.15) is 5.82 Å². The first-order valence-corrected chi connectivity index (χ1v) is 8.26. The number of halogens is 1. The zero-order chi connectivity index (χ0) is 15.2. The van der Waals surface area contributed by atoms with E-state index in [0.29, 0.717) is 12.0 Å². The molecule has 1 fully saturated rings. The number of piperidine rings is 1. The molecule has 118 valence electrons. The Labute approximate surface area is 128 Å².